The molecule has 0 spiro atoms. The minimum atomic E-state index is -0.837. The maximum Gasteiger partial charge on any atom is 0.162 e. The van der Waals surface area contributed by atoms with Crippen molar-refractivity contribution >= 4 is 0 Å². The van der Waals surface area contributed by atoms with E-state index in [4.69, 9.17) is 4.74 Å². The molecule has 1 aliphatic heterocycles. The highest BCUT2D eigenvalue weighted by Gasteiger charge is 2.43. The number of hydrogen-bond acceptors (Lipinski definition) is 4. The molecule has 1 fully saturated rings. The lowest BCUT2D eigenvalue weighted by Gasteiger charge is -2.40. The molecule has 2 heterocycles. The lowest BCUT2D eigenvalue weighted by atomic mass is 9.77. The summed E-state index contributed by atoms with van der Waals surface area (Å²) in [4.78, 5) is 0. The first-order chi connectivity index (χ1) is 8.13. The van der Waals surface area contributed by atoms with Crippen LogP contribution < -0.4 is 10.1 Å². The Hall–Kier alpha value is -1.07. The molecule has 5 nitrogen and oxygen atoms in total. The molecule has 5 heteroatoms. The van der Waals surface area contributed by atoms with Crippen molar-refractivity contribution in [2.75, 3.05) is 20.2 Å². The van der Waals surface area contributed by atoms with Crippen LogP contribution in [0.25, 0.3) is 0 Å². The Balaban J connectivity index is 2.44. The molecule has 2 unspecified atom stereocenters. The molecule has 0 aliphatic carbocycles. The predicted molar refractivity (Wildman–Crippen MR) is 64.9 cm³/mol. The van der Waals surface area contributed by atoms with Gasteiger partial charge < -0.3 is 15.2 Å². The second kappa shape index (κ2) is 4.66. The van der Waals surface area contributed by atoms with Gasteiger partial charge in [-0.1, -0.05) is 6.92 Å². The number of aromatic nitrogens is 2. The second-order valence-corrected chi connectivity index (χ2v) is 4.67. The Morgan fingerprint density at radius 1 is 1.71 bits per heavy atom. The van der Waals surface area contributed by atoms with Crippen LogP contribution in [-0.2, 0) is 12.6 Å². The quantitative estimate of drug-likeness (QED) is 0.812. The van der Waals surface area contributed by atoms with E-state index in [1.54, 1.807) is 18.0 Å². The maximum absolute atomic E-state index is 11.0. The summed E-state index contributed by atoms with van der Waals surface area (Å²) in [5.41, 5.74) is -0.0373. The fourth-order valence-electron chi connectivity index (χ4n) is 2.78. The van der Waals surface area contributed by atoms with E-state index in [9.17, 15) is 5.11 Å². The number of ether oxygens (including phenoxy) is 1. The highest BCUT2D eigenvalue weighted by Crippen LogP contribution is 2.40. The highest BCUT2D eigenvalue weighted by atomic mass is 16.5. The average molecular weight is 239 g/mol. The van der Waals surface area contributed by atoms with E-state index in [1.807, 2.05) is 7.05 Å². The van der Waals surface area contributed by atoms with Crippen LogP contribution in [0.3, 0.4) is 0 Å². The summed E-state index contributed by atoms with van der Waals surface area (Å²) in [6.45, 7) is 3.76. The molecule has 2 N–H and O–H groups in total. The fourth-order valence-corrected chi connectivity index (χ4v) is 2.78. The zero-order chi connectivity index (χ0) is 12.5. The molecule has 0 bridgehead atoms. The van der Waals surface area contributed by atoms with E-state index in [2.05, 4.69) is 17.3 Å². The van der Waals surface area contributed by atoms with E-state index in [0.717, 1.165) is 25.2 Å². The van der Waals surface area contributed by atoms with Crippen molar-refractivity contribution in [1.82, 2.24) is 15.1 Å². The largest absolute Gasteiger partial charge is 0.493 e. The maximum atomic E-state index is 11.0. The minimum absolute atomic E-state index is 0.195. The number of nitrogens with one attached hydrogen (secondary N) is 1. The van der Waals surface area contributed by atoms with Gasteiger partial charge in [-0.15, -0.1) is 0 Å². The molecule has 0 radical (unpaired) electrons. The van der Waals surface area contributed by atoms with Gasteiger partial charge in [-0.3, -0.25) is 4.68 Å². The first-order valence-corrected chi connectivity index (χ1v) is 6.13. The summed E-state index contributed by atoms with van der Waals surface area (Å²) in [5, 5.41) is 18.5. The molecule has 2 rings (SSSR count). The van der Waals surface area contributed by atoms with Crippen molar-refractivity contribution < 1.29 is 9.84 Å². The summed E-state index contributed by atoms with van der Waals surface area (Å²) in [6.07, 6.45) is 3.29. The number of hydrogen-bond donors (Lipinski definition) is 2. The van der Waals surface area contributed by atoms with Crippen LogP contribution in [0, 0.1) is 5.92 Å². The van der Waals surface area contributed by atoms with E-state index >= 15 is 0 Å². The molecular weight excluding hydrogens is 218 g/mol. The highest BCUT2D eigenvalue weighted by molar-refractivity contribution is 5.32. The van der Waals surface area contributed by atoms with Gasteiger partial charge in [-0.05, 0) is 19.4 Å². The van der Waals surface area contributed by atoms with Crippen LogP contribution in [0.5, 0.6) is 5.75 Å². The SMILES string of the molecule is CCC1CNCCC1(O)c1c(OC)cnn1C. The van der Waals surface area contributed by atoms with Gasteiger partial charge >= 0.3 is 0 Å². The summed E-state index contributed by atoms with van der Waals surface area (Å²) < 4.78 is 7.04. The molecule has 17 heavy (non-hydrogen) atoms. The van der Waals surface area contributed by atoms with E-state index in [1.165, 1.54) is 0 Å². The normalized spacial score (nSPS) is 29.3. The standard InChI is InChI=1S/C12H21N3O2/c1-4-9-7-13-6-5-12(9,16)11-10(17-3)8-14-15(11)2/h8-9,13,16H,4-7H2,1-3H3. The number of methoxy groups -OCH3 is 1. The summed E-state index contributed by atoms with van der Waals surface area (Å²) in [6, 6.07) is 0. The number of aliphatic hydroxyl groups is 1. The van der Waals surface area contributed by atoms with E-state index in [0.29, 0.717) is 12.2 Å². The number of aryl methyl sites for hydroxylation is 1. The number of nitrogens with zero attached hydrogens (tertiary/aromatic N) is 2. The van der Waals surface area contributed by atoms with Crippen LogP contribution in [0.2, 0.25) is 0 Å². The van der Waals surface area contributed by atoms with Crippen molar-refractivity contribution in [2.45, 2.75) is 25.4 Å². The summed E-state index contributed by atoms with van der Waals surface area (Å²) >= 11 is 0. The Bertz CT molecular complexity index is 391. The van der Waals surface area contributed by atoms with Gasteiger partial charge in [0.25, 0.3) is 0 Å². The van der Waals surface area contributed by atoms with Gasteiger partial charge in [-0.25, -0.2) is 0 Å². The molecule has 0 saturated carbocycles. The molecule has 1 aromatic rings. The first-order valence-electron chi connectivity index (χ1n) is 6.13. The Morgan fingerprint density at radius 2 is 2.47 bits per heavy atom. The predicted octanol–water partition coefficient (Wildman–Crippen LogP) is 0.636. The van der Waals surface area contributed by atoms with Crippen molar-refractivity contribution in [1.29, 1.82) is 0 Å². The van der Waals surface area contributed by atoms with Gasteiger partial charge in [-0.2, -0.15) is 5.10 Å². The average Bonchev–Trinajstić information content (AvgIpc) is 2.71. The summed E-state index contributed by atoms with van der Waals surface area (Å²) in [5.74, 6) is 0.871. The van der Waals surface area contributed by atoms with Crippen molar-refractivity contribution in [3.63, 3.8) is 0 Å². The third kappa shape index (κ3) is 1.93. The van der Waals surface area contributed by atoms with Crippen molar-refractivity contribution in [3.8, 4) is 5.75 Å². The number of rotatable bonds is 3. The lowest BCUT2D eigenvalue weighted by Crippen LogP contribution is -2.49. The molecule has 0 aromatic carbocycles. The van der Waals surface area contributed by atoms with E-state index < -0.39 is 5.60 Å². The van der Waals surface area contributed by atoms with Crippen LogP contribution in [0.15, 0.2) is 6.20 Å². The summed E-state index contributed by atoms with van der Waals surface area (Å²) in [7, 11) is 3.47. The first kappa shape index (κ1) is 12.4. The smallest absolute Gasteiger partial charge is 0.162 e. The molecule has 1 aliphatic rings. The van der Waals surface area contributed by atoms with Crippen molar-refractivity contribution in [2.24, 2.45) is 13.0 Å². The molecule has 96 valence electrons. The molecule has 0 amide bonds. The second-order valence-electron chi connectivity index (χ2n) is 4.67. The fraction of sp³-hybridized carbons (Fsp3) is 0.750. The molecule has 1 saturated heterocycles. The van der Waals surface area contributed by atoms with Gasteiger partial charge in [0, 0.05) is 19.5 Å². The lowest BCUT2D eigenvalue weighted by molar-refractivity contribution is -0.0557. The molecule has 2 atom stereocenters. The Kier molecular flexibility index (Phi) is 3.40. The minimum Gasteiger partial charge on any atom is -0.493 e. The third-order valence-corrected chi connectivity index (χ3v) is 3.78. The third-order valence-electron chi connectivity index (χ3n) is 3.78. The monoisotopic (exact) mass is 239 g/mol. The van der Waals surface area contributed by atoms with Gasteiger partial charge in [0.1, 0.15) is 11.3 Å². The van der Waals surface area contributed by atoms with Crippen molar-refractivity contribution in [3.05, 3.63) is 11.9 Å². The van der Waals surface area contributed by atoms with E-state index in [-0.39, 0.29) is 5.92 Å². The van der Waals surface area contributed by atoms with Crippen LogP contribution in [-0.4, -0.2) is 35.1 Å². The van der Waals surface area contributed by atoms with Gasteiger partial charge in [0.2, 0.25) is 0 Å². The topological polar surface area (TPSA) is 59.3 Å². The zero-order valence-electron chi connectivity index (χ0n) is 10.7. The van der Waals surface area contributed by atoms with Gasteiger partial charge in [0.15, 0.2) is 5.75 Å². The van der Waals surface area contributed by atoms with Crippen LogP contribution in [0.4, 0.5) is 0 Å². The van der Waals surface area contributed by atoms with Gasteiger partial charge in [0.05, 0.1) is 13.3 Å². The Morgan fingerprint density at radius 3 is 3.12 bits per heavy atom. The van der Waals surface area contributed by atoms with Crippen LogP contribution >= 0.6 is 0 Å². The molecular formula is C12H21N3O2. The zero-order valence-corrected chi connectivity index (χ0v) is 10.7. The Labute approximate surface area is 102 Å². The molecule has 1 aromatic heterocycles. The van der Waals surface area contributed by atoms with Crippen LogP contribution in [0.1, 0.15) is 25.5 Å². The number of piperidine rings is 1.